The van der Waals surface area contributed by atoms with Crippen molar-refractivity contribution in [1.82, 2.24) is 10.2 Å². The number of halogens is 2. The summed E-state index contributed by atoms with van der Waals surface area (Å²) in [5.41, 5.74) is 4.87. The molecule has 7 nitrogen and oxygen atoms in total. The first-order valence-electron chi connectivity index (χ1n) is 14.1. The highest BCUT2D eigenvalue weighted by atomic mass is 35.5. The van der Waals surface area contributed by atoms with Crippen molar-refractivity contribution in [1.29, 1.82) is 0 Å². The van der Waals surface area contributed by atoms with Gasteiger partial charge >= 0.3 is 0 Å². The van der Waals surface area contributed by atoms with Crippen LogP contribution in [0.1, 0.15) is 36.0 Å². The summed E-state index contributed by atoms with van der Waals surface area (Å²) in [5.74, 6) is 2.68. The van der Waals surface area contributed by atoms with Gasteiger partial charge in [0.2, 0.25) is 0 Å². The van der Waals surface area contributed by atoms with E-state index in [2.05, 4.69) is 5.32 Å². The van der Waals surface area contributed by atoms with Crippen LogP contribution in [-0.2, 0) is 11.3 Å². The summed E-state index contributed by atoms with van der Waals surface area (Å²) in [6.45, 7) is 4.43. The summed E-state index contributed by atoms with van der Waals surface area (Å²) in [7, 11) is 3.27. The van der Waals surface area contributed by atoms with Crippen LogP contribution in [0.2, 0.25) is 10.0 Å². The zero-order chi connectivity index (χ0) is 29.6. The average molecular weight is 612 g/mol. The quantitative estimate of drug-likeness (QED) is 0.230. The third-order valence-corrected chi connectivity index (χ3v) is 7.99. The molecule has 42 heavy (non-hydrogen) atoms. The molecule has 0 saturated heterocycles. The van der Waals surface area contributed by atoms with Crippen molar-refractivity contribution in [3.63, 3.8) is 0 Å². The monoisotopic (exact) mass is 610 g/mol. The Labute approximate surface area is 257 Å². The summed E-state index contributed by atoms with van der Waals surface area (Å²) in [6, 6.07) is 17.5. The maximum absolute atomic E-state index is 14.0. The second-order valence-electron chi connectivity index (χ2n) is 10.5. The standard InChI is InChI=1S/C33H36Cl2N2O5/c1-21-14-30(34)32(31(35)15-21)42-13-12-41-25-8-4-23(5-9-25)28-10-11-36-19-29(28)33(38)37(24-6-7-24)20-22-16-26(39-2)18-27(17-22)40-3/h4-5,8-9,14-18,24,36H,6-7,10-13,19-20H2,1-3H3. The highest BCUT2D eigenvalue weighted by Crippen LogP contribution is 2.35. The SMILES string of the molecule is COc1cc(CN(C(=O)C2=C(c3ccc(OCCOc4c(Cl)cc(C)cc4Cl)cc3)CCNC2)C2CC2)cc(OC)c1. The van der Waals surface area contributed by atoms with Gasteiger partial charge in [-0.1, -0.05) is 35.3 Å². The number of amides is 1. The van der Waals surface area contributed by atoms with Crippen molar-refractivity contribution < 1.29 is 23.7 Å². The molecule has 0 spiro atoms. The van der Waals surface area contributed by atoms with Crippen molar-refractivity contribution in [3.8, 4) is 23.0 Å². The minimum atomic E-state index is 0.0763. The third-order valence-electron chi connectivity index (χ3n) is 7.43. The molecule has 0 atom stereocenters. The van der Waals surface area contributed by atoms with Crippen LogP contribution >= 0.6 is 23.2 Å². The van der Waals surface area contributed by atoms with Gasteiger partial charge in [0.25, 0.3) is 5.91 Å². The van der Waals surface area contributed by atoms with Crippen molar-refractivity contribution >= 4 is 34.7 Å². The van der Waals surface area contributed by atoms with Crippen LogP contribution < -0.4 is 24.3 Å². The lowest BCUT2D eigenvalue weighted by Gasteiger charge is -2.28. The molecule has 0 aromatic heterocycles. The van der Waals surface area contributed by atoms with Gasteiger partial charge in [0.1, 0.15) is 30.5 Å². The zero-order valence-corrected chi connectivity index (χ0v) is 25.7. The Bertz CT molecular complexity index is 1410. The molecule has 0 unspecified atom stereocenters. The van der Waals surface area contributed by atoms with E-state index in [1.807, 2.05) is 66.4 Å². The van der Waals surface area contributed by atoms with E-state index in [4.69, 9.17) is 42.1 Å². The van der Waals surface area contributed by atoms with Crippen LogP contribution in [0.4, 0.5) is 0 Å². The number of hydrogen-bond acceptors (Lipinski definition) is 6. The predicted molar refractivity (Wildman–Crippen MR) is 166 cm³/mol. The molecule has 1 heterocycles. The van der Waals surface area contributed by atoms with Crippen molar-refractivity contribution in [2.75, 3.05) is 40.5 Å². The van der Waals surface area contributed by atoms with Crippen molar-refractivity contribution in [3.05, 3.63) is 86.9 Å². The summed E-state index contributed by atoms with van der Waals surface area (Å²) >= 11 is 12.5. The van der Waals surface area contributed by atoms with Gasteiger partial charge in [-0.25, -0.2) is 0 Å². The summed E-state index contributed by atoms with van der Waals surface area (Å²) in [6.07, 6.45) is 2.81. The molecule has 1 saturated carbocycles. The van der Waals surface area contributed by atoms with Gasteiger partial charge in [-0.05, 0) is 91.4 Å². The number of rotatable bonds is 12. The molecule has 2 aliphatic rings. The second kappa shape index (κ2) is 13.7. The number of methoxy groups -OCH3 is 2. The number of nitrogens with zero attached hydrogens (tertiary/aromatic N) is 1. The van der Waals surface area contributed by atoms with Crippen LogP contribution in [0, 0.1) is 6.92 Å². The van der Waals surface area contributed by atoms with Gasteiger partial charge in [-0.15, -0.1) is 0 Å². The smallest absolute Gasteiger partial charge is 0.251 e. The molecular formula is C33H36Cl2N2O5. The maximum atomic E-state index is 14.0. The number of nitrogens with one attached hydrogen (secondary N) is 1. The molecule has 5 rings (SSSR count). The van der Waals surface area contributed by atoms with Gasteiger partial charge in [0.05, 0.1) is 24.3 Å². The maximum Gasteiger partial charge on any atom is 0.251 e. The van der Waals surface area contributed by atoms with Crippen LogP contribution in [-0.4, -0.2) is 57.4 Å². The van der Waals surface area contributed by atoms with E-state index in [1.54, 1.807) is 14.2 Å². The minimum Gasteiger partial charge on any atom is -0.497 e. The molecule has 9 heteroatoms. The van der Waals surface area contributed by atoms with Crippen molar-refractivity contribution in [2.24, 2.45) is 0 Å². The summed E-state index contributed by atoms with van der Waals surface area (Å²) < 4.78 is 22.6. The number of carbonyl (C=O) groups excluding carboxylic acids is 1. The molecule has 1 amide bonds. The lowest BCUT2D eigenvalue weighted by molar-refractivity contribution is -0.128. The Balaban J connectivity index is 1.27. The Kier molecular flexibility index (Phi) is 9.83. The first-order valence-corrected chi connectivity index (χ1v) is 14.9. The lowest BCUT2D eigenvalue weighted by atomic mass is 9.93. The topological polar surface area (TPSA) is 69.3 Å². The van der Waals surface area contributed by atoms with Crippen LogP contribution in [0.5, 0.6) is 23.0 Å². The number of aryl methyl sites for hydroxylation is 1. The molecule has 0 bridgehead atoms. The van der Waals surface area contributed by atoms with Crippen LogP contribution in [0.25, 0.3) is 5.57 Å². The molecule has 3 aromatic carbocycles. The minimum absolute atomic E-state index is 0.0763. The van der Waals surface area contributed by atoms with Gasteiger partial charge in [-0.3, -0.25) is 4.79 Å². The molecule has 1 N–H and O–H groups in total. The normalized spacial score (nSPS) is 14.9. The fourth-order valence-corrected chi connectivity index (χ4v) is 5.87. The van der Waals surface area contributed by atoms with E-state index >= 15 is 0 Å². The molecule has 1 fully saturated rings. The fourth-order valence-electron chi connectivity index (χ4n) is 5.17. The highest BCUT2D eigenvalue weighted by molar-refractivity contribution is 6.37. The first-order chi connectivity index (χ1) is 20.4. The number of carbonyl (C=O) groups is 1. The molecule has 1 aliphatic carbocycles. The second-order valence-corrected chi connectivity index (χ2v) is 11.4. The number of benzene rings is 3. The summed E-state index contributed by atoms with van der Waals surface area (Å²) in [4.78, 5) is 16.0. The van der Waals surface area contributed by atoms with E-state index in [-0.39, 0.29) is 11.9 Å². The van der Waals surface area contributed by atoms with E-state index in [1.165, 1.54) is 0 Å². The summed E-state index contributed by atoms with van der Waals surface area (Å²) in [5, 5.41) is 4.36. The predicted octanol–water partition coefficient (Wildman–Crippen LogP) is 6.71. The molecule has 3 aromatic rings. The van der Waals surface area contributed by atoms with Gasteiger partial charge in [-0.2, -0.15) is 0 Å². The Morgan fingerprint density at radius 1 is 0.905 bits per heavy atom. The third kappa shape index (κ3) is 7.33. The van der Waals surface area contributed by atoms with Gasteiger partial charge < -0.3 is 29.2 Å². The van der Waals surface area contributed by atoms with Crippen molar-refractivity contribution in [2.45, 2.75) is 38.8 Å². The molecular weight excluding hydrogens is 575 g/mol. The first kappa shape index (κ1) is 30.1. The molecule has 1 aliphatic heterocycles. The number of hydrogen-bond donors (Lipinski definition) is 1. The molecule has 222 valence electrons. The lowest BCUT2D eigenvalue weighted by Crippen LogP contribution is -2.39. The Morgan fingerprint density at radius 3 is 2.17 bits per heavy atom. The zero-order valence-electron chi connectivity index (χ0n) is 24.2. The van der Waals surface area contributed by atoms with E-state index in [9.17, 15) is 4.79 Å². The average Bonchev–Trinajstić information content (AvgIpc) is 3.84. The largest absolute Gasteiger partial charge is 0.497 e. The molecule has 0 radical (unpaired) electrons. The van der Waals surface area contributed by atoms with Gasteiger partial charge in [0.15, 0.2) is 5.75 Å². The van der Waals surface area contributed by atoms with E-state index < -0.39 is 0 Å². The number of ether oxygens (including phenoxy) is 4. The van der Waals surface area contributed by atoms with Gasteiger partial charge in [0, 0.05) is 30.8 Å². The fraction of sp³-hybridized carbons (Fsp3) is 0.364. The Morgan fingerprint density at radius 2 is 1.55 bits per heavy atom. The van der Waals surface area contributed by atoms with Crippen LogP contribution in [0.3, 0.4) is 0 Å². The van der Waals surface area contributed by atoms with Crippen LogP contribution in [0.15, 0.2) is 60.2 Å². The Hall–Kier alpha value is -3.39. The van der Waals surface area contributed by atoms with E-state index in [0.29, 0.717) is 53.6 Å². The van der Waals surface area contributed by atoms with E-state index in [0.717, 1.165) is 59.4 Å². The highest BCUT2D eigenvalue weighted by Gasteiger charge is 2.35.